The molecule has 0 radical (unpaired) electrons. The third-order valence-electron chi connectivity index (χ3n) is 6.53. The van der Waals surface area contributed by atoms with Gasteiger partial charge in [0.15, 0.2) is 0 Å². The molecule has 182 valence electrons. The van der Waals surface area contributed by atoms with Gasteiger partial charge in [-0.25, -0.2) is 9.97 Å². The SMILES string of the molecule is Cc1nc2ccc(Oc3ccc4ncc(-c5cnn(CC6CCCN(C)C6=O)c5)nc4c3Cl)cc2[nH]1. The highest BCUT2D eigenvalue weighted by Gasteiger charge is 2.27. The molecule has 2 aromatic carbocycles. The van der Waals surface area contributed by atoms with Crippen LogP contribution < -0.4 is 4.74 Å². The third-order valence-corrected chi connectivity index (χ3v) is 6.89. The van der Waals surface area contributed by atoms with Crippen molar-refractivity contribution in [1.82, 2.24) is 34.6 Å². The Hall–Kier alpha value is -3.98. The van der Waals surface area contributed by atoms with Gasteiger partial charge in [0.25, 0.3) is 0 Å². The topological polar surface area (TPSA) is 102 Å². The molecular weight excluding hydrogens is 478 g/mol. The van der Waals surface area contributed by atoms with Crippen molar-refractivity contribution < 1.29 is 9.53 Å². The van der Waals surface area contributed by atoms with E-state index in [0.717, 1.165) is 41.8 Å². The molecular formula is C26H24ClN7O2. The Morgan fingerprint density at radius 1 is 1.17 bits per heavy atom. The number of H-pyrrole nitrogens is 1. The van der Waals surface area contributed by atoms with Crippen LogP contribution in [-0.4, -0.2) is 54.1 Å². The average Bonchev–Trinajstić information content (AvgIpc) is 3.49. The van der Waals surface area contributed by atoms with Crippen LogP contribution in [0.25, 0.3) is 33.3 Å². The second kappa shape index (κ2) is 8.91. The van der Waals surface area contributed by atoms with E-state index >= 15 is 0 Å². The number of piperidine rings is 1. The molecule has 1 unspecified atom stereocenters. The van der Waals surface area contributed by atoms with Crippen molar-refractivity contribution in [3.63, 3.8) is 0 Å². The fraction of sp³-hybridized carbons (Fsp3) is 0.269. The van der Waals surface area contributed by atoms with Gasteiger partial charge in [0.1, 0.15) is 27.9 Å². The van der Waals surface area contributed by atoms with Gasteiger partial charge in [-0.2, -0.15) is 5.10 Å². The number of benzene rings is 2. The van der Waals surface area contributed by atoms with E-state index in [1.807, 2.05) is 44.4 Å². The molecule has 3 aromatic heterocycles. The molecule has 1 amide bonds. The number of halogens is 1. The molecule has 1 aliphatic heterocycles. The van der Waals surface area contributed by atoms with Crippen LogP contribution >= 0.6 is 11.6 Å². The minimum Gasteiger partial charge on any atom is -0.456 e. The summed E-state index contributed by atoms with van der Waals surface area (Å²) in [5, 5.41) is 4.84. The molecule has 1 atom stereocenters. The van der Waals surface area contributed by atoms with Crippen LogP contribution in [0, 0.1) is 12.8 Å². The first-order chi connectivity index (χ1) is 17.4. The van der Waals surface area contributed by atoms with Gasteiger partial charge in [-0.15, -0.1) is 0 Å². The lowest BCUT2D eigenvalue weighted by Crippen LogP contribution is -2.40. The number of likely N-dealkylation sites (tertiary alicyclic amines) is 1. The number of aromatic nitrogens is 6. The first-order valence-corrected chi connectivity index (χ1v) is 12.2. The third kappa shape index (κ3) is 4.15. The summed E-state index contributed by atoms with van der Waals surface area (Å²) in [4.78, 5) is 31.2. The van der Waals surface area contributed by atoms with E-state index in [4.69, 9.17) is 21.3 Å². The largest absolute Gasteiger partial charge is 0.456 e. The summed E-state index contributed by atoms with van der Waals surface area (Å²) in [6.07, 6.45) is 7.22. The van der Waals surface area contributed by atoms with Gasteiger partial charge < -0.3 is 14.6 Å². The predicted molar refractivity (Wildman–Crippen MR) is 137 cm³/mol. The number of aromatic amines is 1. The number of imidazole rings is 1. The second-order valence-electron chi connectivity index (χ2n) is 9.15. The molecule has 1 N–H and O–H groups in total. The lowest BCUT2D eigenvalue weighted by atomic mass is 9.97. The first kappa shape index (κ1) is 22.5. The maximum Gasteiger partial charge on any atom is 0.227 e. The molecule has 0 bridgehead atoms. The van der Waals surface area contributed by atoms with Gasteiger partial charge in [-0.1, -0.05) is 11.6 Å². The van der Waals surface area contributed by atoms with Crippen LogP contribution in [0.2, 0.25) is 5.02 Å². The van der Waals surface area contributed by atoms with Crippen molar-refractivity contribution in [1.29, 1.82) is 0 Å². The van der Waals surface area contributed by atoms with Gasteiger partial charge in [-0.3, -0.25) is 14.5 Å². The number of nitrogens with zero attached hydrogens (tertiary/aromatic N) is 6. The van der Waals surface area contributed by atoms with E-state index in [1.54, 1.807) is 28.0 Å². The number of rotatable bonds is 5. The fourth-order valence-electron chi connectivity index (χ4n) is 4.66. The Bertz CT molecular complexity index is 1610. The molecule has 6 rings (SSSR count). The van der Waals surface area contributed by atoms with Gasteiger partial charge >= 0.3 is 0 Å². The highest BCUT2D eigenvalue weighted by molar-refractivity contribution is 6.36. The van der Waals surface area contributed by atoms with Crippen molar-refractivity contribution >= 4 is 39.6 Å². The number of hydrogen-bond donors (Lipinski definition) is 1. The summed E-state index contributed by atoms with van der Waals surface area (Å²) in [7, 11) is 1.85. The number of ether oxygens (including phenoxy) is 1. The smallest absolute Gasteiger partial charge is 0.227 e. The lowest BCUT2D eigenvalue weighted by Gasteiger charge is -2.29. The molecule has 0 aliphatic carbocycles. The number of nitrogens with one attached hydrogen (secondary N) is 1. The normalized spacial score (nSPS) is 16.2. The molecule has 4 heterocycles. The first-order valence-electron chi connectivity index (χ1n) is 11.8. The molecule has 1 saturated heterocycles. The van der Waals surface area contributed by atoms with Crippen LogP contribution in [0.4, 0.5) is 0 Å². The van der Waals surface area contributed by atoms with Crippen molar-refractivity contribution in [3.05, 3.63) is 59.8 Å². The number of aryl methyl sites for hydroxylation is 1. The summed E-state index contributed by atoms with van der Waals surface area (Å²) >= 11 is 6.73. The number of carbonyl (C=O) groups excluding carboxylic acids is 1. The van der Waals surface area contributed by atoms with Crippen molar-refractivity contribution in [3.8, 4) is 22.8 Å². The molecule has 1 fully saturated rings. The molecule has 9 nitrogen and oxygen atoms in total. The van der Waals surface area contributed by atoms with Crippen molar-refractivity contribution in [2.45, 2.75) is 26.3 Å². The number of hydrogen-bond acceptors (Lipinski definition) is 6. The van der Waals surface area contributed by atoms with Gasteiger partial charge in [0, 0.05) is 31.4 Å². The highest BCUT2D eigenvalue weighted by Crippen LogP contribution is 2.35. The summed E-state index contributed by atoms with van der Waals surface area (Å²) < 4.78 is 7.89. The van der Waals surface area contributed by atoms with E-state index in [1.165, 1.54) is 0 Å². The second-order valence-corrected chi connectivity index (χ2v) is 9.53. The average molecular weight is 502 g/mol. The monoisotopic (exact) mass is 501 g/mol. The summed E-state index contributed by atoms with van der Waals surface area (Å²) in [5.41, 5.74) is 4.43. The predicted octanol–water partition coefficient (Wildman–Crippen LogP) is 4.99. The molecule has 1 aliphatic rings. The quantitative estimate of drug-likeness (QED) is 0.364. The number of fused-ring (bicyclic) bond motifs is 2. The van der Waals surface area contributed by atoms with Crippen molar-refractivity contribution in [2.24, 2.45) is 5.92 Å². The summed E-state index contributed by atoms with van der Waals surface area (Å²) in [6, 6.07) is 9.27. The van der Waals surface area contributed by atoms with E-state index < -0.39 is 0 Å². The van der Waals surface area contributed by atoms with E-state index in [0.29, 0.717) is 39.8 Å². The number of carbonyl (C=O) groups is 1. The summed E-state index contributed by atoms with van der Waals surface area (Å²) in [5.74, 6) is 2.08. The van der Waals surface area contributed by atoms with Gasteiger partial charge in [0.2, 0.25) is 5.91 Å². The lowest BCUT2D eigenvalue weighted by molar-refractivity contribution is -0.137. The minimum atomic E-state index is -0.0572. The van der Waals surface area contributed by atoms with Crippen LogP contribution in [0.3, 0.4) is 0 Å². The summed E-state index contributed by atoms with van der Waals surface area (Å²) in [6.45, 7) is 3.27. The van der Waals surface area contributed by atoms with Gasteiger partial charge in [0.05, 0.1) is 47.1 Å². The molecule has 10 heteroatoms. The highest BCUT2D eigenvalue weighted by atomic mass is 35.5. The zero-order valence-electron chi connectivity index (χ0n) is 19.9. The Morgan fingerprint density at radius 3 is 2.92 bits per heavy atom. The molecule has 0 spiro atoms. The molecule has 5 aromatic rings. The minimum absolute atomic E-state index is 0.0572. The van der Waals surface area contributed by atoms with Crippen molar-refractivity contribution in [2.75, 3.05) is 13.6 Å². The Labute approximate surface area is 212 Å². The molecule has 36 heavy (non-hydrogen) atoms. The maximum absolute atomic E-state index is 12.4. The Morgan fingerprint density at radius 2 is 2.03 bits per heavy atom. The van der Waals surface area contributed by atoms with Crippen LogP contribution in [0.1, 0.15) is 18.7 Å². The maximum atomic E-state index is 12.4. The number of amides is 1. The van der Waals surface area contributed by atoms with Crippen LogP contribution in [0.5, 0.6) is 11.5 Å². The Balaban J connectivity index is 1.27. The van der Waals surface area contributed by atoms with Gasteiger partial charge in [-0.05, 0) is 44.0 Å². The zero-order valence-corrected chi connectivity index (χ0v) is 20.7. The molecule has 0 saturated carbocycles. The van der Waals surface area contributed by atoms with E-state index in [-0.39, 0.29) is 11.8 Å². The van der Waals surface area contributed by atoms with E-state index in [2.05, 4.69) is 20.1 Å². The van der Waals surface area contributed by atoms with Crippen LogP contribution in [-0.2, 0) is 11.3 Å². The van der Waals surface area contributed by atoms with E-state index in [9.17, 15) is 4.79 Å². The standard InChI is InChI=1S/C26H24ClN7O2/c1-15-30-19-6-5-18(10-21(19)31-15)36-23-8-7-20-25(24(23)27)32-22(12-28-20)17-11-29-34(14-17)13-16-4-3-9-33(2)26(16)35/h5-8,10-12,14,16H,3-4,9,13H2,1-2H3,(H,30,31). The Kier molecular flexibility index (Phi) is 5.56. The fourth-order valence-corrected chi connectivity index (χ4v) is 4.90. The zero-order chi connectivity index (χ0) is 24.8. The van der Waals surface area contributed by atoms with Crippen LogP contribution in [0.15, 0.2) is 48.9 Å².